The molecule has 6 nitrogen and oxygen atoms in total. The summed E-state index contributed by atoms with van der Waals surface area (Å²) >= 11 is 0. The van der Waals surface area contributed by atoms with Crippen molar-refractivity contribution in [2.24, 2.45) is 5.92 Å². The van der Waals surface area contributed by atoms with Gasteiger partial charge in [-0.25, -0.2) is 0 Å². The van der Waals surface area contributed by atoms with Gasteiger partial charge >= 0.3 is 5.97 Å². The third-order valence-corrected chi connectivity index (χ3v) is 4.05. The van der Waals surface area contributed by atoms with Crippen LogP contribution >= 0.6 is 0 Å². The third kappa shape index (κ3) is 2.31. The molecule has 2 heterocycles. The average Bonchev–Trinajstić information content (AvgIpc) is 2.97. The lowest BCUT2D eigenvalue weighted by Crippen LogP contribution is -2.41. The molecular formula is C15H17N3O3. The van der Waals surface area contributed by atoms with Gasteiger partial charge in [0.2, 0.25) is 0 Å². The monoisotopic (exact) mass is 287 g/mol. The van der Waals surface area contributed by atoms with Crippen LogP contribution in [-0.4, -0.2) is 47.6 Å². The minimum atomic E-state index is -0.839. The van der Waals surface area contributed by atoms with E-state index in [1.807, 2.05) is 43.1 Å². The van der Waals surface area contributed by atoms with Crippen molar-refractivity contribution in [3.8, 4) is 0 Å². The number of rotatable bonds is 3. The first-order valence-corrected chi connectivity index (χ1v) is 6.85. The Bertz CT molecular complexity index is 689. The van der Waals surface area contributed by atoms with Crippen LogP contribution in [-0.2, 0) is 9.53 Å². The molecule has 1 aliphatic heterocycles. The number of aryl methyl sites for hydroxylation is 1. The molecule has 0 spiro atoms. The highest BCUT2D eigenvalue weighted by Gasteiger charge is 2.37. The number of likely N-dealkylation sites (N-methyl/N-ethyl adjacent to an activating group) is 1. The number of anilines is 1. The second-order valence-electron chi connectivity index (χ2n) is 5.32. The van der Waals surface area contributed by atoms with Crippen molar-refractivity contribution < 1.29 is 14.6 Å². The van der Waals surface area contributed by atoms with Crippen molar-refractivity contribution in [3.63, 3.8) is 0 Å². The number of benzene rings is 1. The second-order valence-corrected chi connectivity index (χ2v) is 5.32. The Morgan fingerprint density at radius 1 is 1.29 bits per heavy atom. The van der Waals surface area contributed by atoms with Crippen molar-refractivity contribution in [1.82, 2.24) is 10.2 Å². The van der Waals surface area contributed by atoms with Gasteiger partial charge in [0.25, 0.3) is 0 Å². The fourth-order valence-corrected chi connectivity index (χ4v) is 2.80. The van der Waals surface area contributed by atoms with E-state index >= 15 is 0 Å². The third-order valence-electron chi connectivity index (χ3n) is 4.05. The Morgan fingerprint density at radius 3 is 2.71 bits per heavy atom. The van der Waals surface area contributed by atoms with Gasteiger partial charge in [0, 0.05) is 17.8 Å². The Morgan fingerprint density at radius 2 is 2.00 bits per heavy atom. The molecule has 0 radical (unpaired) electrons. The van der Waals surface area contributed by atoms with Gasteiger partial charge in [0.15, 0.2) is 5.82 Å². The molecule has 1 aliphatic rings. The topological polar surface area (TPSA) is 75.5 Å². The molecule has 21 heavy (non-hydrogen) atoms. The zero-order valence-electron chi connectivity index (χ0n) is 12.0. The highest BCUT2D eigenvalue weighted by atomic mass is 16.5. The van der Waals surface area contributed by atoms with Gasteiger partial charge in [0.1, 0.15) is 5.92 Å². The lowest BCUT2D eigenvalue weighted by molar-refractivity contribution is -0.141. The Balaban J connectivity index is 2.04. The summed E-state index contributed by atoms with van der Waals surface area (Å²) in [5, 5.41) is 19.8. The van der Waals surface area contributed by atoms with Gasteiger partial charge in [-0.2, -0.15) is 5.10 Å². The quantitative estimate of drug-likeness (QED) is 0.921. The number of aliphatic carboxylic acids is 1. The van der Waals surface area contributed by atoms with Crippen LogP contribution in [0, 0.1) is 12.8 Å². The van der Waals surface area contributed by atoms with E-state index in [0.29, 0.717) is 12.4 Å². The minimum absolute atomic E-state index is 0.233. The molecule has 0 bridgehead atoms. The van der Waals surface area contributed by atoms with Crippen LogP contribution in [0.25, 0.3) is 10.8 Å². The molecule has 2 aromatic rings. The van der Waals surface area contributed by atoms with Crippen LogP contribution in [0.4, 0.5) is 5.82 Å². The molecule has 110 valence electrons. The molecule has 1 aromatic carbocycles. The standard InChI is InChI=1S/C15H17N3O3/c1-9-10-5-3-4-6-11(10)14(17-16-9)18(2)13-8-21-7-12(13)15(19)20/h3-6,12-13H,7-8H2,1-2H3,(H,19,20). The number of hydrogen-bond acceptors (Lipinski definition) is 5. The maximum absolute atomic E-state index is 11.3. The number of fused-ring (bicyclic) bond motifs is 1. The van der Waals surface area contributed by atoms with Crippen molar-refractivity contribution in [2.75, 3.05) is 25.2 Å². The zero-order valence-corrected chi connectivity index (χ0v) is 12.0. The molecule has 1 N–H and O–H groups in total. The van der Waals surface area contributed by atoms with E-state index in [1.165, 1.54) is 0 Å². The summed E-state index contributed by atoms with van der Waals surface area (Å²) in [5.41, 5.74) is 0.861. The lowest BCUT2D eigenvalue weighted by Gasteiger charge is -2.28. The highest BCUT2D eigenvalue weighted by Crippen LogP contribution is 2.29. The molecule has 2 atom stereocenters. The van der Waals surface area contributed by atoms with Crippen LogP contribution in [0.2, 0.25) is 0 Å². The van der Waals surface area contributed by atoms with Crippen LogP contribution in [0.5, 0.6) is 0 Å². The SMILES string of the molecule is Cc1nnc(N(C)C2COCC2C(=O)O)c2ccccc12. The highest BCUT2D eigenvalue weighted by molar-refractivity contribution is 5.93. The average molecular weight is 287 g/mol. The van der Waals surface area contributed by atoms with Gasteiger partial charge in [0.05, 0.1) is 24.9 Å². The first-order valence-electron chi connectivity index (χ1n) is 6.85. The largest absolute Gasteiger partial charge is 0.481 e. The minimum Gasteiger partial charge on any atom is -0.481 e. The van der Waals surface area contributed by atoms with Crippen molar-refractivity contribution in [2.45, 2.75) is 13.0 Å². The van der Waals surface area contributed by atoms with Crippen LogP contribution in [0.3, 0.4) is 0 Å². The fraction of sp³-hybridized carbons (Fsp3) is 0.400. The predicted octanol–water partition coefficient (Wildman–Crippen LogP) is 1.47. The van der Waals surface area contributed by atoms with E-state index in [1.54, 1.807) is 0 Å². The summed E-state index contributed by atoms with van der Waals surface area (Å²) in [6, 6.07) is 7.65. The van der Waals surface area contributed by atoms with Crippen LogP contribution in [0.1, 0.15) is 5.69 Å². The summed E-state index contributed by atoms with van der Waals surface area (Å²) in [4.78, 5) is 13.2. The van der Waals surface area contributed by atoms with Crippen molar-refractivity contribution in [1.29, 1.82) is 0 Å². The van der Waals surface area contributed by atoms with Gasteiger partial charge in [-0.15, -0.1) is 5.10 Å². The summed E-state index contributed by atoms with van der Waals surface area (Å²) in [7, 11) is 1.85. The van der Waals surface area contributed by atoms with E-state index in [9.17, 15) is 9.90 Å². The summed E-state index contributed by atoms with van der Waals surface area (Å²) in [6.45, 7) is 2.54. The smallest absolute Gasteiger partial charge is 0.311 e. The Kier molecular flexibility index (Phi) is 3.47. The van der Waals surface area contributed by atoms with E-state index in [2.05, 4.69) is 10.2 Å². The maximum atomic E-state index is 11.3. The fourth-order valence-electron chi connectivity index (χ4n) is 2.80. The number of carbonyl (C=O) groups is 1. The molecule has 6 heteroatoms. The summed E-state index contributed by atoms with van der Waals surface area (Å²) in [5.74, 6) is -0.691. The molecule has 1 saturated heterocycles. The van der Waals surface area contributed by atoms with Crippen LogP contribution < -0.4 is 4.90 Å². The van der Waals surface area contributed by atoms with Gasteiger partial charge in [-0.05, 0) is 6.92 Å². The molecule has 2 unspecified atom stereocenters. The lowest BCUT2D eigenvalue weighted by atomic mass is 10.0. The maximum Gasteiger partial charge on any atom is 0.311 e. The van der Waals surface area contributed by atoms with Gasteiger partial charge in [-0.1, -0.05) is 24.3 Å². The van der Waals surface area contributed by atoms with E-state index in [4.69, 9.17) is 4.74 Å². The van der Waals surface area contributed by atoms with Gasteiger partial charge < -0.3 is 14.7 Å². The number of carboxylic acid groups (broad SMARTS) is 1. The van der Waals surface area contributed by atoms with E-state index in [0.717, 1.165) is 16.5 Å². The van der Waals surface area contributed by atoms with Gasteiger partial charge in [-0.3, -0.25) is 4.79 Å². The Labute approximate surface area is 122 Å². The first kappa shape index (κ1) is 13.8. The molecule has 0 amide bonds. The molecule has 1 fully saturated rings. The zero-order chi connectivity index (χ0) is 15.0. The number of nitrogens with zero attached hydrogens (tertiary/aromatic N) is 3. The summed E-state index contributed by atoms with van der Waals surface area (Å²) < 4.78 is 5.34. The van der Waals surface area contributed by atoms with E-state index < -0.39 is 11.9 Å². The number of ether oxygens (including phenoxy) is 1. The first-order chi connectivity index (χ1) is 10.1. The molecule has 0 saturated carbocycles. The van der Waals surface area contributed by atoms with Crippen molar-refractivity contribution >= 4 is 22.6 Å². The van der Waals surface area contributed by atoms with E-state index in [-0.39, 0.29) is 12.6 Å². The molecule has 0 aliphatic carbocycles. The number of aromatic nitrogens is 2. The normalized spacial score (nSPS) is 21.6. The van der Waals surface area contributed by atoms with Crippen molar-refractivity contribution in [3.05, 3.63) is 30.0 Å². The molecule has 3 rings (SSSR count). The predicted molar refractivity (Wildman–Crippen MR) is 78.4 cm³/mol. The molecule has 1 aromatic heterocycles. The Hall–Kier alpha value is -2.21. The van der Waals surface area contributed by atoms with Crippen LogP contribution in [0.15, 0.2) is 24.3 Å². The summed E-state index contributed by atoms with van der Waals surface area (Å²) in [6.07, 6.45) is 0. The molecular weight excluding hydrogens is 270 g/mol. The number of hydrogen-bond donors (Lipinski definition) is 1. The second kappa shape index (κ2) is 5.29. The number of carboxylic acids is 1.